The molecule has 9 heteroatoms. The Balaban J connectivity index is 2.23. The molecule has 0 fully saturated rings. The van der Waals surface area contributed by atoms with E-state index in [0.717, 1.165) is 24.1 Å². The molecule has 0 aliphatic carbocycles. The average molecular weight is 316 g/mol. The SMILES string of the molecule is CCN(CC)CCNc1cc(C)nc2nc(C(F)(F)F)nn12. The van der Waals surface area contributed by atoms with Gasteiger partial charge in [0.25, 0.3) is 11.6 Å². The number of nitrogens with one attached hydrogen (secondary N) is 1. The number of nitrogens with zero attached hydrogens (tertiary/aromatic N) is 5. The predicted octanol–water partition coefficient (Wildman–Crippen LogP) is 2.21. The van der Waals surface area contributed by atoms with Gasteiger partial charge in [-0.15, -0.1) is 5.10 Å². The van der Waals surface area contributed by atoms with Gasteiger partial charge in [0, 0.05) is 24.8 Å². The Bertz CT molecular complexity index is 632. The molecule has 0 aliphatic heterocycles. The molecule has 0 amide bonds. The van der Waals surface area contributed by atoms with Crippen LogP contribution in [0.2, 0.25) is 0 Å². The average Bonchev–Trinajstić information content (AvgIpc) is 2.87. The number of hydrogen-bond donors (Lipinski definition) is 1. The second-order valence-electron chi connectivity index (χ2n) is 4.88. The molecule has 122 valence electrons. The summed E-state index contributed by atoms with van der Waals surface area (Å²) in [4.78, 5) is 9.64. The molecule has 2 aromatic heterocycles. The van der Waals surface area contributed by atoms with Gasteiger partial charge >= 0.3 is 6.18 Å². The van der Waals surface area contributed by atoms with Crippen molar-refractivity contribution in [2.24, 2.45) is 0 Å². The van der Waals surface area contributed by atoms with E-state index in [1.807, 2.05) is 0 Å². The third kappa shape index (κ3) is 3.65. The second-order valence-corrected chi connectivity index (χ2v) is 4.88. The number of likely N-dealkylation sites (N-methyl/N-ethyl adjacent to an activating group) is 1. The smallest absolute Gasteiger partial charge is 0.369 e. The Morgan fingerprint density at radius 2 is 1.91 bits per heavy atom. The van der Waals surface area contributed by atoms with Crippen LogP contribution < -0.4 is 5.32 Å². The molecule has 0 spiro atoms. The van der Waals surface area contributed by atoms with Gasteiger partial charge in [-0.1, -0.05) is 13.8 Å². The number of hydrogen-bond acceptors (Lipinski definition) is 5. The zero-order valence-electron chi connectivity index (χ0n) is 12.8. The van der Waals surface area contributed by atoms with Crippen molar-refractivity contribution in [2.75, 3.05) is 31.5 Å². The summed E-state index contributed by atoms with van der Waals surface area (Å²) < 4.78 is 39.2. The van der Waals surface area contributed by atoms with Gasteiger partial charge in [-0.2, -0.15) is 22.7 Å². The summed E-state index contributed by atoms with van der Waals surface area (Å²) in [7, 11) is 0. The molecule has 0 aliphatic rings. The van der Waals surface area contributed by atoms with Crippen LogP contribution in [0.25, 0.3) is 5.78 Å². The van der Waals surface area contributed by atoms with Gasteiger partial charge in [0.05, 0.1) is 0 Å². The van der Waals surface area contributed by atoms with Crippen molar-refractivity contribution in [1.29, 1.82) is 0 Å². The highest BCUT2D eigenvalue weighted by Crippen LogP contribution is 2.27. The van der Waals surface area contributed by atoms with Crippen molar-refractivity contribution < 1.29 is 13.2 Å². The van der Waals surface area contributed by atoms with Crippen LogP contribution in [0, 0.1) is 6.92 Å². The topological polar surface area (TPSA) is 58.3 Å². The van der Waals surface area contributed by atoms with Crippen LogP contribution in [0.3, 0.4) is 0 Å². The van der Waals surface area contributed by atoms with Gasteiger partial charge in [0.1, 0.15) is 5.82 Å². The van der Waals surface area contributed by atoms with Crippen molar-refractivity contribution in [1.82, 2.24) is 24.5 Å². The molecular formula is C13H19F3N6. The van der Waals surface area contributed by atoms with Gasteiger partial charge in [-0.05, 0) is 20.0 Å². The van der Waals surface area contributed by atoms with E-state index < -0.39 is 12.0 Å². The van der Waals surface area contributed by atoms with Gasteiger partial charge < -0.3 is 10.2 Å². The van der Waals surface area contributed by atoms with Gasteiger partial charge in [0.2, 0.25) is 0 Å². The third-order valence-corrected chi connectivity index (χ3v) is 3.32. The first-order valence-electron chi connectivity index (χ1n) is 7.13. The molecule has 2 rings (SSSR count). The summed E-state index contributed by atoms with van der Waals surface area (Å²) in [5.41, 5.74) is 0.582. The fourth-order valence-corrected chi connectivity index (χ4v) is 2.11. The van der Waals surface area contributed by atoms with Gasteiger partial charge in [0.15, 0.2) is 0 Å². The normalized spacial score (nSPS) is 12.3. The molecule has 0 saturated carbocycles. The minimum atomic E-state index is -4.58. The lowest BCUT2D eigenvalue weighted by Gasteiger charge is -2.18. The molecule has 0 saturated heterocycles. The largest absolute Gasteiger partial charge is 0.453 e. The number of aryl methyl sites for hydroxylation is 1. The predicted molar refractivity (Wildman–Crippen MR) is 76.8 cm³/mol. The lowest BCUT2D eigenvalue weighted by Crippen LogP contribution is -2.29. The molecule has 0 aromatic carbocycles. The van der Waals surface area contributed by atoms with Gasteiger partial charge in [-0.25, -0.2) is 4.98 Å². The van der Waals surface area contributed by atoms with E-state index in [9.17, 15) is 13.2 Å². The van der Waals surface area contributed by atoms with E-state index in [4.69, 9.17) is 0 Å². The minimum Gasteiger partial charge on any atom is -0.369 e. The number of anilines is 1. The monoisotopic (exact) mass is 316 g/mol. The highest BCUT2D eigenvalue weighted by molar-refractivity contribution is 5.45. The van der Waals surface area contributed by atoms with Crippen LogP contribution >= 0.6 is 0 Å². The van der Waals surface area contributed by atoms with Crippen LogP contribution in [-0.4, -0.2) is 50.7 Å². The summed E-state index contributed by atoms with van der Waals surface area (Å²) in [6.45, 7) is 9.06. The van der Waals surface area contributed by atoms with Crippen molar-refractivity contribution in [2.45, 2.75) is 26.9 Å². The first-order valence-corrected chi connectivity index (χ1v) is 7.13. The van der Waals surface area contributed by atoms with E-state index in [1.54, 1.807) is 13.0 Å². The van der Waals surface area contributed by atoms with Crippen LogP contribution in [0.15, 0.2) is 6.07 Å². The van der Waals surface area contributed by atoms with Crippen molar-refractivity contribution in [3.8, 4) is 0 Å². The summed E-state index contributed by atoms with van der Waals surface area (Å²) in [6, 6.07) is 1.66. The Morgan fingerprint density at radius 1 is 1.23 bits per heavy atom. The Hall–Kier alpha value is -1.90. The highest BCUT2D eigenvalue weighted by Gasteiger charge is 2.36. The number of aromatic nitrogens is 4. The quantitative estimate of drug-likeness (QED) is 0.885. The molecule has 1 N–H and O–H groups in total. The first kappa shape index (κ1) is 16.5. The van der Waals surface area contributed by atoms with Crippen LogP contribution in [-0.2, 0) is 6.18 Å². The summed E-state index contributed by atoms with van der Waals surface area (Å²) in [6.07, 6.45) is -4.58. The van der Waals surface area contributed by atoms with E-state index in [1.165, 1.54) is 0 Å². The van der Waals surface area contributed by atoms with E-state index >= 15 is 0 Å². The van der Waals surface area contributed by atoms with Crippen molar-refractivity contribution in [3.63, 3.8) is 0 Å². The van der Waals surface area contributed by atoms with E-state index in [-0.39, 0.29) is 5.78 Å². The Labute approximate surface area is 126 Å². The molecule has 6 nitrogen and oxygen atoms in total. The lowest BCUT2D eigenvalue weighted by atomic mass is 10.4. The van der Waals surface area contributed by atoms with E-state index in [2.05, 4.69) is 39.1 Å². The summed E-state index contributed by atoms with van der Waals surface area (Å²) in [5.74, 6) is -0.785. The summed E-state index contributed by atoms with van der Waals surface area (Å²) >= 11 is 0. The third-order valence-electron chi connectivity index (χ3n) is 3.32. The van der Waals surface area contributed by atoms with Crippen LogP contribution in [0.5, 0.6) is 0 Å². The van der Waals surface area contributed by atoms with Crippen molar-refractivity contribution >= 4 is 11.6 Å². The van der Waals surface area contributed by atoms with Gasteiger partial charge in [-0.3, -0.25) is 0 Å². The van der Waals surface area contributed by atoms with Crippen LogP contribution in [0.4, 0.5) is 19.0 Å². The van der Waals surface area contributed by atoms with Crippen LogP contribution in [0.1, 0.15) is 25.4 Å². The maximum atomic E-state index is 12.7. The molecule has 0 bridgehead atoms. The standard InChI is InChI=1S/C13H19F3N6/c1-4-21(5-2)7-6-17-10-8-9(3)18-12-19-11(13(14,15)16)20-22(10)12/h8,17H,4-7H2,1-3H3. The molecule has 0 atom stereocenters. The number of halogens is 3. The number of fused-ring (bicyclic) bond motifs is 1. The molecule has 0 unspecified atom stereocenters. The maximum Gasteiger partial charge on any atom is 0.453 e. The fraction of sp³-hybridized carbons (Fsp3) is 0.615. The number of alkyl halides is 3. The lowest BCUT2D eigenvalue weighted by molar-refractivity contribution is -0.144. The van der Waals surface area contributed by atoms with E-state index in [0.29, 0.717) is 18.1 Å². The molecule has 22 heavy (non-hydrogen) atoms. The Kier molecular flexibility index (Phi) is 4.84. The number of rotatable bonds is 6. The Morgan fingerprint density at radius 3 is 2.50 bits per heavy atom. The molecule has 2 aromatic rings. The molecule has 2 heterocycles. The highest BCUT2D eigenvalue weighted by atomic mass is 19.4. The fourth-order valence-electron chi connectivity index (χ4n) is 2.11. The molecular weight excluding hydrogens is 297 g/mol. The second kappa shape index (κ2) is 6.47. The maximum absolute atomic E-state index is 12.7. The first-order chi connectivity index (χ1) is 10.3. The minimum absolute atomic E-state index is 0.0577. The molecule has 0 radical (unpaired) electrons. The van der Waals surface area contributed by atoms with Crippen molar-refractivity contribution in [3.05, 3.63) is 17.6 Å². The summed E-state index contributed by atoms with van der Waals surface area (Å²) in [5, 5.41) is 6.61. The zero-order chi connectivity index (χ0) is 16.3. The zero-order valence-corrected chi connectivity index (χ0v) is 12.8.